The molecule has 162 valence electrons. The Morgan fingerprint density at radius 2 is 1.93 bits per heavy atom. The van der Waals surface area contributed by atoms with E-state index in [9.17, 15) is 18.3 Å². The number of sulfonamides is 1. The number of methoxy groups -OCH3 is 1. The standard InChI is InChI=1S/C20H25N3O6S/c1-5-29-17-9-7-16(8-10-17)23(30(4,26)27)14(2)20(25)22-21-13-15-6-11-18(24)19(12-15)28-3/h6-14,24H,5H2,1-4H3,(H,22,25)/b21-13-/t14-/m0/s1. The summed E-state index contributed by atoms with van der Waals surface area (Å²) in [5, 5.41) is 13.5. The Balaban J connectivity index is 2.15. The highest BCUT2D eigenvalue weighted by atomic mass is 32.2. The molecule has 30 heavy (non-hydrogen) atoms. The van der Waals surface area contributed by atoms with Gasteiger partial charge < -0.3 is 14.6 Å². The number of phenolic OH excluding ortho intramolecular Hbond substituents is 1. The molecule has 0 aromatic heterocycles. The van der Waals surface area contributed by atoms with Crippen LogP contribution in [0.1, 0.15) is 19.4 Å². The first-order valence-corrected chi connectivity index (χ1v) is 10.9. The van der Waals surface area contributed by atoms with E-state index in [1.165, 1.54) is 32.4 Å². The molecule has 0 bridgehead atoms. The van der Waals surface area contributed by atoms with Gasteiger partial charge in [-0.25, -0.2) is 13.8 Å². The lowest BCUT2D eigenvalue weighted by Crippen LogP contribution is -2.46. The molecule has 2 rings (SSSR count). The van der Waals surface area contributed by atoms with Crippen molar-refractivity contribution in [3.63, 3.8) is 0 Å². The van der Waals surface area contributed by atoms with Gasteiger partial charge in [0.2, 0.25) is 10.0 Å². The average molecular weight is 436 g/mol. The molecule has 2 N–H and O–H groups in total. The van der Waals surface area contributed by atoms with E-state index in [-0.39, 0.29) is 11.5 Å². The number of carbonyl (C=O) groups is 1. The van der Waals surface area contributed by atoms with Gasteiger partial charge in [0, 0.05) is 0 Å². The van der Waals surface area contributed by atoms with E-state index in [1.54, 1.807) is 30.3 Å². The highest BCUT2D eigenvalue weighted by molar-refractivity contribution is 7.92. The lowest BCUT2D eigenvalue weighted by atomic mass is 10.2. The van der Waals surface area contributed by atoms with Gasteiger partial charge in [0.05, 0.1) is 31.9 Å². The SMILES string of the molecule is CCOc1ccc(N([C@@H](C)C(=O)N/N=C\c2ccc(O)c(OC)c2)S(C)(=O)=O)cc1. The summed E-state index contributed by atoms with van der Waals surface area (Å²) < 4.78 is 36.0. The zero-order valence-corrected chi connectivity index (χ0v) is 18.0. The number of nitrogens with one attached hydrogen (secondary N) is 1. The number of hydrazone groups is 1. The molecule has 0 heterocycles. The number of hydrogen-bond acceptors (Lipinski definition) is 7. The van der Waals surface area contributed by atoms with Crippen LogP contribution in [-0.4, -0.2) is 51.7 Å². The monoisotopic (exact) mass is 435 g/mol. The van der Waals surface area contributed by atoms with E-state index in [0.29, 0.717) is 23.6 Å². The second-order valence-corrected chi connectivity index (χ2v) is 8.19. The predicted molar refractivity (Wildman–Crippen MR) is 115 cm³/mol. The van der Waals surface area contributed by atoms with Crippen LogP contribution in [0.3, 0.4) is 0 Å². The first-order valence-electron chi connectivity index (χ1n) is 9.09. The van der Waals surface area contributed by atoms with Gasteiger partial charge in [0.25, 0.3) is 5.91 Å². The minimum Gasteiger partial charge on any atom is -0.504 e. The molecule has 0 saturated heterocycles. The molecule has 0 aliphatic carbocycles. The first-order chi connectivity index (χ1) is 14.2. The second kappa shape index (κ2) is 9.97. The van der Waals surface area contributed by atoms with Crippen molar-refractivity contribution in [3.8, 4) is 17.2 Å². The topological polar surface area (TPSA) is 118 Å². The molecule has 0 unspecified atom stereocenters. The van der Waals surface area contributed by atoms with Crippen LogP contribution in [0.4, 0.5) is 5.69 Å². The Hall–Kier alpha value is -3.27. The molecule has 0 aliphatic rings. The van der Waals surface area contributed by atoms with Crippen LogP contribution in [0.5, 0.6) is 17.2 Å². The molecule has 1 amide bonds. The maximum absolute atomic E-state index is 12.5. The first kappa shape index (κ1) is 23.0. The molecule has 9 nitrogen and oxygen atoms in total. The van der Waals surface area contributed by atoms with Gasteiger partial charge >= 0.3 is 0 Å². The van der Waals surface area contributed by atoms with Crippen molar-refractivity contribution in [1.29, 1.82) is 0 Å². The Morgan fingerprint density at radius 3 is 2.50 bits per heavy atom. The fourth-order valence-electron chi connectivity index (χ4n) is 2.70. The van der Waals surface area contributed by atoms with Gasteiger partial charge in [0.15, 0.2) is 11.5 Å². The Bertz CT molecular complexity index is 1010. The maximum atomic E-state index is 12.5. The quantitative estimate of drug-likeness (QED) is 0.460. The molecule has 0 saturated carbocycles. The lowest BCUT2D eigenvalue weighted by Gasteiger charge is -2.27. The van der Waals surface area contributed by atoms with Crippen LogP contribution in [-0.2, 0) is 14.8 Å². The van der Waals surface area contributed by atoms with Crippen LogP contribution in [0, 0.1) is 0 Å². The summed E-state index contributed by atoms with van der Waals surface area (Å²) in [7, 11) is -2.33. The predicted octanol–water partition coefficient (Wildman–Crippen LogP) is 2.10. The van der Waals surface area contributed by atoms with Crippen molar-refractivity contribution in [2.24, 2.45) is 5.10 Å². The molecule has 1 atom stereocenters. The molecule has 0 spiro atoms. The summed E-state index contributed by atoms with van der Waals surface area (Å²) in [6, 6.07) is 9.92. The third-order valence-electron chi connectivity index (χ3n) is 4.08. The Labute approximate surface area is 176 Å². The van der Waals surface area contributed by atoms with Crippen molar-refractivity contribution in [2.45, 2.75) is 19.9 Å². The van der Waals surface area contributed by atoms with Crippen LogP contribution >= 0.6 is 0 Å². The van der Waals surface area contributed by atoms with E-state index in [2.05, 4.69) is 10.5 Å². The third kappa shape index (κ3) is 5.86. The zero-order valence-electron chi connectivity index (χ0n) is 17.2. The summed E-state index contributed by atoms with van der Waals surface area (Å²) in [4.78, 5) is 12.5. The minimum absolute atomic E-state index is 0.0218. The number of benzene rings is 2. The number of amides is 1. The van der Waals surface area contributed by atoms with Crippen LogP contribution in [0.25, 0.3) is 0 Å². The van der Waals surface area contributed by atoms with Crippen LogP contribution in [0.15, 0.2) is 47.6 Å². The minimum atomic E-state index is -3.74. The van der Waals surface area contributed by atoms with Crippen molar-refractivity contribution >= 4 is 27.8 Å². The second-order valence-electron chi connectivity index (χ2n) is 6.33. The number of carbonyl (C=O) groups excluding carboxylic acids is 1. The molecule has 0 radical (unpaired) electrons. The molecular formula is C20H25N3O6S. The molecule has 0 aliphatic heterocycles. The van der Waals surface area contributed by atoms with Crippen molar-refractivity contribution in [2.75, 3.05) is 24.3 Å². The highest BCUT2D eigenvalue weighted by Crippen LogP contribution is 2.26. The summed E-state index contributed by atoms with van der Waals surface area (Å²) in [5.74, 6) is 0.223. The summed E-state index contributed by atoms with van der Waals surface area (Å²) >= 11 is 0. The van der Waals surface area contributed by atoms with E-state index in [0.717, 1.165) is 10.6 Å². The van der Waals surface area contributed by atoms with Gasteiger partial charge in [-0.1, -0.05) is 0 Å². The van der Waals surface area contributed by atoms with Crippen molar-refractivity contribution in [3.05, 3.63) is 48.0 Å². The smallest absolute Gasteiger partial charge is 0.263 e. The summed E-state index contributed by atoms with van der Waals surface area (Å²) in [6.45, 7) is 3.79. The van der Waals surface area contributed by atoms with Crippen molar-refractivity contribution < 1.29 is 27.8 Å². The number of ether oxygens (including phenoxy) is 2. The zero-order chi connectivity index (χ0) is 22.3. The van der Waals surface area contributed by atoms with E-state index in [4.69, 9.17) is 9.47 Å². The molecule has 10 heteroatoms. The molecular weight excluding hydrogens is 410 g/mol. The molecule has 2 aromatic rings. The lowest BCUT2D eigenvalue weighted by molar-refractivity contribution is -0.121. The van der Waals surface area contributed by atoms with E-state index < -0.39 is 22.0 Å². The Morgan fingerprint density at radius 1 is 1.27 bits per heavy atom. The fraction of sp³-hybridized carbons (Fsp3) is 0.300. The number of anilines is 1. The number of hydrogen-bond donors (Lipinski definition) is 2. The number of aromatic hydroxyl groups is 1. The van der Waals surface area contributed by atoms with Crippen molar-refractivity contribution in [1.82, 2.24) is 5.43 Å². The van der Waals surface area contributed by atoms with E-state index in [1.807, 2.05) is 6.92 Å². The van der Waals surface area contributed by atoms with E-state index >= 15 is 0 Å². The fourth-order valence-corrected chi connectivity index (χ4v) is 3.88. The molecule has 0 fully saturated rings. The Kier molecular flexibility index (Phi) is 7.65. The van der Waals surface area contributed by atoms with Crippen LogP contribution < -0.4 is 19.2 Å². The number of rotatable bonds is 9. The molecule has 2 aromatic carbocycles. The highest BCUT2D eigenvalue weighted by Gasteiger charge is 2.29. The normalized spacial score (nSPS) is 12.4. The largest absolute Gasteiger partial charge is 0.504 e. The van der Waals surface area contributed by atoms with Gasteiger partial charge in [-0.15, -0.1) is 0 Å². The average Bonchev–Trinajstić information content (AvgIpc) is 2.69. The van der Waals surface area contributed by atoms with Gasteiger partial charge in [-0.05, 0) is 61.9 Å². The number of phenols is 1. The summed E-state index contributed by atoms with van der Waals surface area (Å²) in [5.41, 5.74) is 3.24. The van der Waals surface area contributed by atoms with Gasteiger partial charge in [-0.3, -0.25) is 9.10 Å². The van der Waals surface area contributed by atoms with Gasteiger partial charge in [-0.2, -0.15) is 5.10 Å². The number of nitrogens with zero attached hydrogens (tertiary/aromatic N) is 2. The summed E-state index contributed by atoms with van der Waals surface area (Å²) in [6.07, 6.45) is 2.38. The third-order valence-corrected chi connectivity index (χ3v) is 5.32. The van der Waals surface area contributed by atoms with Crippen LogP contribution in [0.2, 0.25) is 0 Å². The van der Waals surface area contributed by atoms with Gasteiger partial charge in [0.1, 0.15) is 11.8 Å². The maximum Gasteiger partial charge on any atom is 0.263 e.